The Labute approximate surface area is 129 Å². The number of allylic oxidation sites excluding steroid dienone is 1. The molecule has 0 fully saturated rings. The number of nitrogens with zero attached hydrogens (tertiary/aromatic N) is 2. The topological polar surface area (TPSA) is 68.2 Å². The maximum atomic E-state index is 12.6. The average molecular weight is 302 g/mol. The summed E-state index contributed by atoms with van der Waals surface area (Å²) in [5.74, 6) is -0.312. The van der Waals surface area contributed by atoms with Crippen LogP contribution in [0.2, 0.25) is 0 Å². The fourth-order valence-electron chi connectivity index (χ4n) is 2.16. The number of amides is 1. The minimum atomic E-state index is -0.455. The minimum Gasteiger partial charge on any atom is -0.498 e. The van der Waals surface area contributed by atoms with E-state index < -0.39 is 5.97 Å². The molecule has 0 saturated heterocycles. The molecule has 2 rings (SSSR count). The van der Waals surface area contributed by atoms with Crippen LogP contribution in [-0.4, -0.2) is 31.3 Å². The first-order valence-corrected chi connectivity index (χ1v) is 6.96. The highest BCUT2D eigenvalue weighted by molar-refractivity contribution is 6.32. The van der Waals surface area contributed by atoms with Gasteiger partial charge in [-0.15, -0.1) is 0 Å². The molecule has 1 aliphatic heterocycles. The molecule has 1 aromatic rings. The largest absolute Gasteiger partial charge is 0.498 e. The lowest BCUT2D eigenvalue weighted by molar-refractivity contribution is -0.139. The Balaban J connectivity index is 2.42. The van der Waals surface area contributed by atoms with Crippen molar-refractivity contribution in [2.45, 2.75) is 20.3 Å². The van der Waals surface area contributed by atoms with Crippen molar-refractivity contribution in [2.75, 3.05) is 18.7 Å². The Morgan fingerprint density at radius 1 is 1.27 bits per heavy atom. The summed E-state index contributed by atoms with van der Waals surface area (Å²) in [4.78, 5) is 24.2. The number of ether oxygens (including phenoxy) is 2. The third-order valence-electron chi connectivity index (χ3n) is 3.17. The second kappa shape index (κ2) is 6.89. The van der Waals surface area contributed by atoms with Crippen molar-refractivity contribution in [3.63, 3.8) is 0 Å². The van der Waals surface area contributed by atoms with Crippen LogP contribution >= 0.6 is 0 Å². The summed E-state index contributed by atoms with van der Waals surface area (Å²) in [6.45, 7) is 3.95. The normalized spacial score (nSPS) is 16.4. The van der Waals surface area contributed by atoms with Crippen LogP contribution in [0.4, 0.5) is 5.69 Å². The van der Waals surface area contributed by atoms with E-state index in [2.05, 4.69) is 9.84 Å². The van der Waals surface area contributed by atoms with E-state index in [4.69, 9.17) is 4.74 Å². The Kier molecular flexibility index (Phi) is 4.93. The molecular formula is C16H18N2O4. The third kappa shape index (κ3) is 3.16. The highest BCUT2D eigenvalue weighted by Gasteiger charge is 2.34. The number of hydrogen-bond acceptors (Lipinski definition) is 5. The summed E-state index contributed by atoms with van der Waals surface area (Å²) in [7, 11) is 1.30. The number of carbonyl (C=O) groups excluding carboxylic acids is 2. The van der Waals surface area contributed by atoms with E-state index in [-0.39, 0.29) is 12.3 Å². The highest BCUT2D eigenvalue weighted by Crippen LogP contribution is 2.26. The molecular weight excluding hydrogens is 284 g/mol. The van der Waals surface area contributed by atoms with Gasteiger partial charge in [-0.05, 0) is 26.0 Å². The second-order valence-electron chi connectivity index (χ2n) is 4.62. The number of benzene rings is 1. The summed E-state index contributed by atoms with van der Waals surface area (Å²) < 4.78 is 10.1. The van der Waals surface area contributed by atoms with Gasteiger partial charge in [0.05, 0.1) is 31.5 Å². The van der Waals surface area contributed by atoms with Crippen molar-refractivity contribution in [3.8, 4) is 0 Å². The fraction of sp³-hybridized carbons (Fsp3) is 0.312. The lowest BCUT2D eigenvalue weighted by atomic mass is 10.1. The Bertz CT molecular complexity index is 635. The van der Waals surface area contributed by atoms with Crippen molar-refractivity contribution < 1.29 is 19.1 Å². The molecule has 0 spiro atoms. The molecule has 0 N–H and O–H groups in total. The van der Waals surface area contributed by atoms with Crippen molar-refractivity contribution in [1.82, 2.24) is 0 Å². The molecule has 1 heterocycles. The van der Waals surface area contributed by atoms with E-state index in [1.807, 2.05) is 25.1 Å². The molecule has 1 aromatic carbocycles. The zero-order valence-corrected chi connectivity index (χ0v) is 12.8. The molecule has 0 unspecified atom stereocenters. The first-order valence-electron chi connectivity index (χ1n) is 6.96. The maximum Gasteiger partial charge on any atom is 0.311 e. The lowest BCUT2D eigenvalue weighted by Crippen LogP contribution is -2.22. The fourth-order valence-corrected chi connectivity index (χ4v) is 2.16. The van der Waals surface area contributed by atoms with Gasteiger partial charge >= 0.3 is 5.97 Å². The molecule has 1 aliphatic rings. The zero-order valence-electron chi connectivity index (χ0n) is 12.8. The summed E-state index contributed by atoms with van der Waals surface area (Å²) in [6.07, 6.45) is -0.0781. The van der Waals surface area contributed by atoms with Crippen molar-refractivity contribution >= 4 is 23.3 Å². The standard InChI is InChI=1S/C16H18N2O4/c1-4-22-11(2)15-13(10-14(19)21-3)17-18(16(15)20)12-8-6-5-7-9-12/h5-9H,4,10H2,1-3H3. The number of esters is 1. The number of carbonyl (C=O) groups is 2. The van der Waals surface area contributed by atoms with Gasteiger partial charge in [-0.25, -0.2) is 0 Å². The predicted octanol–water partition coefficient (Wildman–Crippen LogP) is 2.26. The first-order chi connectivity index (χ1) is 10.6. The van der Waals surface area contributed by atoms with E-state index in [1.165, 1.54) is 12.1 Å². The molecule has 0 saturated carbocycles. The molecule has 0 radical (unpaired) electrons. The molecule has 6 heteroatoms. The van der Waals surface area contributed by atoms with E-state index in [9.17, 15) is 9.59 Å². The van der Waals surface area contributed by atoms with Crippen molar-refractivity contribution in [2.24, 2.45) is 5.10 Å². The van der Waals surface area contributed by atoms with Gasteiger partial charge in [0.1, 0.15) is 11.3 Å². The van der Waals surface area contributed by atoms with Gasteiger partial charge in [-0.3, -0.25) is 9.59 Å². The van der Waals surface area contributed by atoms with Gasteiger partial charge in [0.15, 0.2) is 0 Å². The SMILES string of the molecule is CCOC(C)=C1C(=O)N(c2ccccc2)N=C1CC(=O)OC. The monoisotopic (exact) mass is 302 g/mol. The highest BCUT2D eigenvalue weighted by atomic mass is 16.5. The Hall–Kier alpha value is -2.63. The minimum absolute atomic E-state index is 0.0781. The number of para-hydroxylation sites is 1. The molecule has 0 aromatic heterocycles. The van der Waals surface area contributed by atoms with Crippen LogP contribution in [-0.2, 0) is 19.1 Å². The Morgan fingerprint density at radius 2 is 1.95 bits per heavy atom. The zero-order chi connectivity index (χ0) is 16.1. The first kappa shape index (κ1) is 15.8. The number of methoxy groups -OCH3 is 1. The molecule has 0 bridgehead atoms. The summed E-state index contributed by atoms with van der Waals surface area (Å²) in [5.41, 5.74) is 1.30. The van der Waals surface area contributed by atoms with Crippen molar-refractivity contribution in [1.29, 1.82) is 0 Å². The second-order valence-corrected chi connectivity index (χ2v) is 4.62. The van der Waals surface area contributed by atoms with Gasteiger partial charge in [0.25, 0.3) is 5.91 Å². The van der Waals surface area contributed by atoms with Gasteiger partial charge in [-0.2, -0.15) is 10.1 Å². The van der Waals surface area contributed by atoms with Gasteiger partial charge < -0.3 is 9.47 Å². The van der Waals surface area contributed by atoms with Crippen LogP contribution in [0.1, 0.15) is 20.3 Å². The summed E-state index contributed by atoms with van der Waals surface area (Å²) in [6, 6.07) is 9.03. The third-order valence-corrected chi connectivity index (χ3v) is 3.17. The molecule has 0 aliphatic carbocycles. The van der Waals surface area contributed by atoms with Gasteiger partial charge in [-0.1, -0.05) is 18.2 Å². The van der Waals surface area contributed by atoms with E-state index in [0.717, 1.165) is 0 Å². The molecule has 116 valence electrons. The van der Waals surface area contributed by atoms with Crippen LogP contribution in [0, 0.1) is 0 Å². The maximum absolute atomic E-state index is 12.6. The molecule has 22 heavy (non-hydrogen) atoms. The number of hydrogen-bond donors (Lipinski definition) is 0. The van der Waals surface area contributed by atoms with Crippen LogP contribution in [0.25, 0.3) is 0 Å². The van der Waals surface area contributed by atoms with Crippen LogP contribution in [0.5, 0.6) is 0 Å². The molecule has 0 atom stereocenters. The van der Waals surface area contributed by atoms with Crippen LogP contribution in [0.3, 0.4) is 0 Å². The average Bonchev–Trinajstić information content (AvgIpc) is 2.84. The number of rotatable bonds is 5. The van der Waals surface area contributed by atoms with Gasteiger partial charge in [0.2, 0.25) is 0 Å². The number of anilines is 1. The van der Waals surface area contributed by atoms with Crippen LogP contribution < -0.4 is 5.01 Å². The molecule has 1 amide bonds. The van der Waals surface area contributed by atoms with E-state index in [0.29, 0.717) is 29.3 Å². The van der Waals surface area contributed by atoms with Crippen molar-refractivity contribution in [3.05, 3.63) is 41.7 Å². The number of hydrazone groups is 1. The van der Waals surface area contributed by atoms with Crippen LogP contribution in [0.15, 0.2) is 46.8 Å². The Morgan fingerprint density at radius 3 is 2.55 bits per heavy atom. The smallest absolute Gasteiger partial charge is 0.311 e. The summed E-state index contributed by atoms with van der Waals surface area (Å²) >= 11 is 0. The van der Waals surface area contributed by atoms with Gasteiger partial charge in [0, 0.05) is 0 Å². The lowest BCUT2D eigenvalue weighted by Gasteiger charge is -2.12. The van der Waals surface area contributed by atoms with E-state index in [1.54, 1.807) is 19.1 Å². The summed E-state index contributed by atoms with van der Waals surface area (Å²) in [5, 5.41) is 5.55. The van der Waals surface area contributed by atoms with E-state index >= 15 is 0 Å². The predicted molar refractivity (Wildman–Crippen MR) is 82.3 cm³/mol. The quantitative estimate of drug-likeness (QED) is 0.475. The molecule has 6 nitrogen and oxygen atoms in total.